The zero-order chi connectivity index (χ0) is 15.7. The van der Waals surface area contributed by atoms with Crippen molar-refractivity contribution in [2.24, 2.45) is 5.73 Å². The van der Waals surface area contributed by atoms with E-state index in [-0.39, 0.29) is 22.2 Å². The number of rotatable bonds is 4. The van der Waals surface area contributed by atoms with E-state index in [9.17, 15) is 12.8 Å². The van der Waals surface area contributed by atoms with Gasteiger partial charge >= 0.3 is 0 Å². The van der Waals surface area contributed by atoms with Crippen molar-refractivity contribution < 1.29 is 17.5 Å². The van der Waals surface area contributed by atoms with Crippen LogP contribution in [0.15, 0.2) is 52.3 Å². The molecule has 6 heteroatoms. The lowest BCUT2D eigenvalue weighted by Crippen LogP contribution is -2.09. The Bertz CT molecular complexity index is 842. The van der Waals surface area contributed by atoms with Crippen molar-refractivity contribution in [1.82, 2.24) is 0 Å². The third-order valence-electron chi connectivity index (χ3n) is 3.46. The van der Waals surface area contributed by atoms with Crippen molar-refractivity contribution in [2.75, 3.05) is 6.61 Å². The van der Waals surface area contributed by atoms with Crippen LogP contribution in [0, 0.1) is 5.82 Å². The predicted octanol–water partition coefficient (Wildman–Crippen LogP) is 2.49. The van der Waals surface area contributed by atoms with E-state index >= 15 is 0 Å². The molecule has 22 heavy (non-hydrogen) atoms. The largest absolute Gasteiger partial charge is 0.488 e. The highest BCUT2D eigenvalue weighted by Gasteiger charge is 2.29. The Hall–Kier alpha value is -2.18. The van der Waals surface area contributed by atoms with Crippen LogP contribution in [0.3, 0.4) is 0 Å². The van der Waals surface area contributed by atoms with Crippen molar-refractivity contribution in [1.29, 1.82) is 0 Å². The molecule has 0 amide bonds. The van der Waals surface area contributed by atoms with Gasteiger partial charge in [-0.3, -0.25) is 0 Å². The summed E-state index contributed by atoms with van der Waals surface area (Å²) in [6, 6.07) is 10.5. The highest BCUT2D eigenvalue weighted by Crippen LogP contribution is 2.33. The zero-order valence-corrected chi connectivity index (χ0v) is 12.4. The molecule has 1 aliphatic heterocycles. The smallest absolute Gasteiger partial charge is 0.206 e. The molecule has 0 bridgehead atoms. The molecule has 4 nitrogen and oxygen atoms in total. The van der Waals surface area contributed by atoms with Gasteiger partial charge in [-0.1, -0.05) is 6.07 Å². The van der Waals surface area contributed by atoms with Crippen molar-refractivity contribution in [3.05, 3.63) is 64.3 Å². The molecule has 0 fully saturated rings. The molecule has 0 radical (unpaired) electrons. The lowest BCUT2D eigenvalue weighted by molar-refractivity contribution is 0.358. The van der Waals surface area contributed by atoms with E-state index in [1.54, 1.807) is 24.3 Å². The van der Waals surface area contributed by atoms with Crippen molar-refractivity contribution >= 4 is 15.9 Å². The van der Waals surface area contributed by atoms with Gasteiger partial charge in [-0.2, -0.15) is 0 Å². The third-order valence-corrected chi connectivity index (χ3v) is 5.33. The lowest BCUT2D eigenvalue weighted by Gasteiger charge is -2.07. The topological polar surface area (TPSA) is 69.4 Å². The molecule has 2 N–H and O–H groups in total. The minimum atomic E-state index is -3.53. The number of benzene rings is 2. The van der Waals surface area contributed by atoms with E-state index in [0.717, 1.165) is 5.56 Å². The summed E-state index contributed by atoms with van der Waals surface area (Å²) < 4.78 is 43.1. The summed E-state index contributed by atoms with van der Waals surface area (Å²) in [7, 11) is -3.53. The van der Waals surface area contributed by atoms with E-state index < -0.39 is 9.84 Å². The van der Waals surface area contributed by atoms with Crippen LogP contribution in [0.25, 0.3) is 6.08 Å². The first-order valence-corrected chi connectivity index (χ1v) is 8.16. The SMILES string of the molecule is NCc1ccc2c(c1)C=C(COc1ccc(F)cc1)S2(=O)=O. The Morgan fingerprint density at radius 2 is 1.82 bits per heavy atom. The molecule has 0 saturated heterocycles. The lowest BCUT2D eigenvalue weighted by atomic mass is 10.1. The highest BCUT2D eigenvalue weighted by molar-refractivity contribution is 7.95. The molecule has 0 saturated carbocycles. The molecular formula is C16H14FNO3S. The number of halogens is 1. The van der Waals surface area contributed by atoms with Crippen LogP contribution >= 0.6 is 0 Å². The summed E-state index contributed by atoms with van der Waals surface area (Å²) >= 11 is 0. The fourth-order valence-electron chi connectivity index (χ4n) is 2.28. The summed E-state index contributed by atoms with van der Waals surface area (Å²) in [5.74, 6) is 0.0397. The maximum absolute atomic E-state index is 12.8. The van der Waals surface area contributed by atoms with Crippen LogP contribution in [0.2, 0.25) is 0 Å². The second-order valence-corrected chi connectivity index (χ2v) is 6.90. The monoisotopic (exact) mass is 319 g/mol. The fraction of sp³-hybridized carbons (Fsp3) is 0.125. The van der Waals surface area contributed by atoms with Crippen molar-refractivity contribution in [3.8, 4) is 5.75 Å². The quantitative estimate of drug-likeness (QED) is 0.940. The number of sulfone groups is 1. The molecule has 0 unspecified atom stereocenters. The maximum atomic E-state index is 12.8. The fourth-order valence-corrected chi connectivity index (χ4v) is 3.73. The average Bonchev–Trinajstić information content (AvgIpc) is 2.77. The van der Waals surface area contributed by atoms with E-state index in [0.29, 0.717) is 17.9 Å². The van der Waals surface area contributed by atoms with Crippen molar-refractivity contribution in [2.45, 2.75) is 11.4 Å². The molecule has 2 aromatic rings. The minimum Gasteiger partial charge on any atom is -0.488 e. The first kappa shape index (κ1) is 14.7. The number of ether oxygens (including phenoxy) is 1. The maximum Gasteiger partial charge on any atom is 0.206 e. The molecule has 0 aromatic heterocycles. The van der Waals surface area contributed by atoms with E-state index in [1.807, 2.05) is 0 Å². The van der Waals surface area contributed by atoms with E-state index in [1.165, 1.54) is 24.3 Å². The van der Waals surface area contributed by atoms with Gasteiger partial charge in [0.25, 0.3) is 0 Å². The number of hydrogen-bond acceptors (Lipinski definition) is 4. The van der Waals surface area contributed by atoms with Gasteiger partial charge in [0.1, 0.15) is 18.2 Å². The molecule has 0 spiro atoms. The van der Waals surface area contributed by atoms with Crippen molar-refractivity contribution in [3.63, 3.8) is 0 Å². The van der Waals surface area contributed by atoms with Crippen LogP contribution in [0.5, 0.6) is 5.75 Å². The van der Waals surface area contributed by atoms with E-state index in [4.69, 9.17) is 10.5 Å². The molecule has 0 atom stereocenters. The standard InChI is InChI=1S/C16H14FNO3S/c17-13-2-4-14(5-3-13)21-10-15-8-12-7-11(9-18)1-6-16(12)22(15,19)20/h1-8H,9-10,18H2. The van der Waals surface area contributed by atoms with Gasteiger partial charge in [0, 0.05) is 6.54 Å². The zero-order valence-electron chi connectivity index (χ0n) is 11.6. The van der Waals surface area contributed by atoms with Gasteiger partial charge in [-0.15, -0.1) is 0 Å². The summed E-state index contributed by atoms with van der Waals surface area (Å²) in [6.45, 7) is 0.253. The van der Waals surface area contributed by atoms with E-state index in [2.05, 4.69) is 0 Å². The van der Waals surface area contributed by atoms with Gasteiger partial charge < -0.3 is 10.5 Å². The summed E-state index contributed by atoms with van der Waals surface area (Å²) in [5.41, 5.74) is 7.06. The Labute approximate surface area is 127 Å². The number of nitrogens with two attached hydrogens (primary N) is 1. The third kappa shape index (κ3) is 2.63. The predicted molar refractivity (Wildman–Crippen MR) is 81.4 cm³/mol. The first-order valence-electron chi connectivity index (χ1n) is 6.68. The highest BCUT2D eigenvalue weighted by atomic mass is 32.2. The summed E-state index contributed by atoms with van der Waals surface area (Å²) in [6.07, 6.45) is 1.59. The Morgan fingerprint density at radius 3 is 2.50 bits per heavy atom. The summed E-state index contributed by atoms with van der Waals surface area (Å²) in [5, 5.41) is 0. The van der Waals surface area contributed by atoms with Crippen LogP contribution < -0.4 is 10.5 Å². The molecule has 2 aromatic carbocycles. The van der Waals surface area contributed by atoms with Gasteiger partial charge in [-0.05, 0) is 53.6 Å². The van der Waals surface area contributed by atoms with Crippen LogP contribution in [0.4, 0.5) is 4.39 Å². The Morgan fingerprint density at radius 1 is 1.09 bits per heavy atom. The molecule has 1 heterocycles. The first-order chi connectivity index (χ1) is 10.5. The molecule has 114 valence electrons. The minimum absolute atomic E-state index is 0.0966. The normalized spacial score (nSPS) is 15.3. The Kier molecular flexibility index (Phi) is 3.72. The molecule has 3 rings (SSSR count). The van der Waals surface area contributed by atoms with Gasteiger partial charge in [-0.25, -0.2) is 12.8 Å². The van der Waals surface area contributed by atoms with Gasteiger partial charge in [0.15, 0.2) is 0 Å². The molecule has 1 aliphatic rings. The van der Waals surface area contributed by atoms with Gasteiger partial charge in [0.2, 0.25) is 9.84 Å². The second-order valence-electron chi connectivity index (χ2n) is 4.93. The Balaban J connectivity index is 1.84. The number of hydrogen-bond donors (Lipinski definition) is 1. The second kappa shape index (κ2) is 5.55. The van der Waals surface area contributed by atoms with Crippen LogP contribution in [-0.4, -0.2) is 15.0 Å². The summed E-state index contributed by atoms with van der Waals surface area (Å²) in [4.78, 5) is 0.448. The molecular weight excluding hydrogens is 305 g/mol. The average molecular weight is 319 g/mol. The van der Waals surface area contributed by atoms with Gasteiger partial charge in [0.05, 0.1) is 9.80 Å². The molecule has 0 aliphatic carbocycles. The van der Waals surface area contributed by atoms with Crippen LogP contribution in [-0.2, 0) is 16.4 Å². The van der Waals surface area contributed by atoms with Crippen LogP contribution in [0.1, 0.15) is 11.1 Å². The number of fused-ring (bicyclic) bond motifs is 1.